The fourth-order valence-corrected chi connectivity index (χ4v) is 2.29. The molecule has 2 saturated heterocycles. The minimum Gasteiger partial charge on any atom is -0.336 e. The highest BCUT2D eigenvalue weighted by Gasteiger charge is 2.50. The van der Waals surface area contributed by atoms with Crippen molar-refractivity contribution in [2.45, 2.75) is 24.8 Å². The Morgan fingerprint density at radius 2 is 1.05 bits per heavy atom. The van der Waals surface area contributed by atoms with Crippen LogP contribution in [-0.4, -0.2) is 12.6 Å². The Labute approximate surface area is 111 Å². The lowest BCUT2D eigenvalue weighted by molar-refractivity contribution is -0.0103. The second-order valence-corrected chi connectivity index (χ2v) is 4.81. The lowest BCUT2D eigenvalue weighted by atomic mass is 10.1. The van der Waals surface area contributed by atoms with E-state index >= 15 is 0 Å². The minimum absolute atomic E-state index is 0.0572. The van der Waals surface area contributed by atoms with Crippen LogP contribution in [0.2, 0.25) is 0 Å². The fourth-order valence-electron chi connectivity index (χ4n) is 2.29. The van der Waals surface area contributed by atoms with E-state index in [1.807, 2.05) is 36.4 Å². The smallest absolute Gasteiger partial charge is 0.192 e. The van der Waals surface area contributed by atoms with E-state index in [9.17, 15) is 0 Å². The number of benzene rings is 2. The van der Waals surface area contributed by atoms with E-state index < -0.39 is 0 Å². The Morgan fingerprint density at radius 1 is 0.632 bits per heavy atom. The van der Waals surface area contributed by atoms with Crippen molar-refractivity contribution in [2.24, 2.45) is 0 Å². The van der Waals surface area contributed by atoms with Crippen molar-refractivity contribution in [3.05, 3.63) is 71.8 Å². The van der Waals surface area contributed by atoms with Crippen LogP contribution in [0.4, 0.5) is 0 Å². The van der Waals surface area contributed by atoms with Gasteiger partial charge in [-0.25, -0.2) is 0 Å². The van der Waals surface area contributed by atoms with Crippen molar-refractivity contribution < 1.29 is 14.2 Å². The Kier molecular flexibility index (Phi) is 2.62. The van der Waals surface area contributed by atoms with Crippen LogP contribution in [-0.2, 0) is 14.2 Å². The first-order chi connectivity index (χ1) is 9.42. The van der Waals surface area contributed by atoms with Gasteiger partial charge in [0, 0.05) is 0 Å². The summed E-state index contributed by atoms with van der Waals surface area (Å²) in [4.78, 5) is 0. The number of hydrogen-bond donors (Lipinski definition) is 0. The van der Waals surface area contributed by atoms with Gasteiger partial charge < -0.3 is 14.2 Å². The zero-order valence-corrected chi connectivity index (χ0v) is 10.3. The van der Waals surface area contributed by atoms with E-state index in [0.717, 1.165) is 11.1 Å². The Hall–Kier alpha value is -1.68. The zero-order chi connectivity index (χ0) is 12.7. The highest BCUT2D eigenvalue weighted by molar-refractivity contribution is 5.23. The summed E-state index contributed by atoms with van der Waals surface area (Å²) in [6.07, 6.45) is -0.217. The molecular weight excluding hydrogens is 240 g/mol. The van der Waals surface area contributed by atoms with Crippen molar-refractivity contribution in [1.82, 2.24) is 0 Å². The van der Waals surface area contributed by atoms with E-state index in [1.54, 1.807) is 0 Å². The lowest BCUT2D eigenvalue weighted by Crippen LogP contribution is -2.01. The van der Waals surface area contributed by atoms with E-state index in [0.29, 0.717) is 0 Å². The summed E-state index contributed by atoms with van der Waals surface area (Å²) in [5.41, 5.74) is 2.31. The molecule has 4 rings (SSSR count). The average molecular weight is 254 g/mol. The number of epoxide rings is 2. The normalized spacial score (nSPS) is 32.0. The largest absolute Gasteiger partial charge is 0.336 e. The molecule has 19 heavy (non-hydrogen) atoms. The van der Waals surface area contributed by atoms with Crippen LogP contribution in [0.25, 0.3) is 0 Å². The van der Waals surface area contributed by atoms with Gasteiger partial charge in [0.2, 0.25) is 0 Å². The first-order valence-corrected chi connectivity index (χ1v) is 6.48. The van der Waals surface area contributed by atoms with Gasteiger partial charge in [-0.3, -0.25) is 0 Å². The summed E-state index contributed by atoms with van der Waals surface area (Å²) in [5, 5.41) is 0. The molecule has 0 aromatic heterocycles. The van der Waals surface area contributed by atoms with Gasteiger partial charge in [0.05, 0.1) is 0 Å². The van der Waals surface area contributed by atoms with Crippen LogP contribution in [0.1, 0.15) is 23.3 Å². The maximum atomic E-state index is 5.76. The van der Waals surface area contributed by atoms with Crippen molar-refractivity contribution >= 4 is 0 Å². The molecule has 2 aromatic carbocycles. The molecule has 0 spiro atoms. The van der Waals surface area contributed by atoms with E-state index in [1.165, 1.54) is 0 Å². The number of rotatable bonds is 4. The van der Waals surface area contributed by atoms with Crippen LogP contribution >= 0.6 is 0 Å². The van der Waals surface area contributed by atoms with Gasteiger partial charge in [-0.05, 0) is 11.1 Å². The molecule has 96 valence electrons. The molecule has 4 atom stereocenters. The van der Waals surface area contributed by atoms with Gasteiger partial charge in [0.15, 0.2) is 12.6 Å². The predicted octanol–water partition coefficient (Wildman–Crippen LogP) is 3.20. The fraction of sp³-hybridized carbons (Fsp3) is 0.250. The maximum absolute atomic E-state index is 5.76. The molecule has 2 aliphatic rings. The van der Waals surface area contributed by atoms with Crippen LogP contribution in [0.3, 0.4) is 0 Å². The second kappa shape index (κ2) is 4.46. The molecular formula is C16H14O3. The van der Waals surface area contributed by atoms with Gasteiger partial charge in [-0.2, -0.15) is 0 Å². The summed E-state index contributed by atoms with van der Waals surface area (Å²) >= 11 is 0. The first-order valence-electron chi connectivity index (χ1n) is 6.48. The molecule has 0 amide bonds. The van der Waals surface area contributed by atoms with Crippen molar-refractivity contribution in [3.63, 3.8) is 0 Å². The Bertz CT molecular complexity index is 503. The number of hydrogen-bond acceptors (Lipinski definition) is 3. The van der Waals surface area contributed by atoms with Crippen LogP contribution in [0, 0.1) is 0 Å². The molecule has 3 heteroatoms. The molecule has 2 fully saturated rings. The Balaban J connectivity index is 1.34. The minimum atomic E-state index is -0.166. The standard InChI is InChI=1S/C16H14O3/c1-3-7-11(8-4-1)13-15(17-13)19-16-14(18-16)12-9-5-2-6-10-12/h1-10,13-16H. The van der Waals surface area contributed by atoms with Gasteiger partial charge >= 0.3 is 0 Å². The molecule has 2 aliphatic heterocycles. The molecule has 0 saturated carbocycles. The zero-order valence-electron chi connectivity index (χ0n) is 10.3. The summed E-state index contributed by atoms with van der Waals surface area (Å²) in [6, 6.07) is 20.2. The van der Waals surface area contributed by atoms with Crippen LogP contribution < -0.4 is 0 Å². The molecule has 2 aromatic rings. The van der Waals surface area contributed by atoms with Gasteiger partial charge in [-0.15, -0.1) is 0 Å². The summed E-state index contributed by atoms with van der Waals surface area (Å²) < 4.78 is 16.8. The average Bonchev–Trinajstić information content (AvgIpc) is 3.38. The molecule has 0 aliphatic carbocycles. The van der Waals surface area contributed by atoms with Gasteiger partial charge in [0.25, 0.3) is 0 Å². The van der Waals surface area contributed by atoms with E-state index in [2.05, 4.69) is 24.3 Å². The molecule has 2 heterocycles. The monoisotopic (exact) mass is 254 g/mol. The summed E-state index contributed by atoms with van der Waals surface area (Å²) in [7, 11) is 0. The molecule has 0 radical (unpaired) electrons. The summed E-state index contributed by atoms with van der Waals surface area (Å²) in [5.74, 6) is 0. The van der Waals surface area contributed by atoms with Crippen molar-refractivity contribution in [2.75, 3.05) is 0 Å². The third-order valence-electron chi connectivity index (χ3n) is 3.43. The van der Waals surface area contributed by atoms with Crippen LogP contribution in [0.15, 0.2) is 60.7 Å². The van der Waals surface area contributed by atoms with E-state index in [4.69, 9.17) is 14.2 Å². The van der Waals surface area contributed by atoms with Gasteiger partial charge in [-0.1, -0.05) is 60.7 Å². The third kappa shape index (κ3) is 2.28. The SMILES string of the molecule is c1ccc(C2OC2OC2OC2c2ccccc2)cc1. The van der Waals surface area contributed by atoms with Crippen LogP contribution in [0.5, 0.6) is 0 Å². The maximum Gasteiger partial charge on any atom is 0.192 e. The first kappa shape index (κ1) is 11.2. The highest BCUT2D eigenvalue weighted by atomic mass is 16.9. The topological polar surface area (TPSA) is 34.3 Å². The molecule has 4 unspecified atom stereocenters. The molecule has 0 N–H and O–H groups in total. The van der Waals surface area contributed by atoms with Crippen molar-refractivity contribution in [3.8, 4) is 0 Å². The highest BCUT2D eigenvalue weighted by Crippen LogP contribution is 2.47. The molecule has 0 bridgehead atoms. The number of ether oxygens (including phenoxy) is 3. The Morgan fingerprint density at radius 3 is 1.47 bits per heavy atom. The summed E-state index contributed by atoms with van der Waals surface area (Å²) in [6.45, 7) is 0. The van der Waals surface area contributed by atoms with Gasteiger partial charge in [0.1, 0.15) is 12.2 Å². The third-order valence-corrected chi connectivity index (χ3v) is 3.43. The van der Waals surface area contributed by atoms with E-state index in [-0.39, 0.29) is 24.8 Å². The quantitative estimate of drug-likeness (QED) is 0.786. The lowest BCUT2D eigenvalue weighted by Gasteiger charge is -1.96. The van der Waals surface area contributed by atoms with Crippen molar-refractivity contribution in [1.29, 1.82) is 0 Å². The predicted molar refractivity (Wildman–Crippen MR) is 69.2 cm³/mol. The molecule has 3 nitrogen and oxygen atoms in total. The second-order valence-electron chi connectivity index (χ2n) is 4.81.